The molecule has 1 aliphatic rings. The van der Waals surface area contributed by atoms with E-state index in [1.54, 1.807) is 4.90 Å². The molecule has 1 heterocycles. The third kappa shape index (κ3) is 4.68. The van der Waals surface area contributed by atoms with Crippen LogP contribution in [-0.2, 0) is 16.0 Å². The second-order valence-electron chi connectivity index (χ2n) is 5.20. The lowest BCUT2D eigenvalue weighted by molar-refractivity contribution is -0.135. The summed E-state index contributed by atoms with van der Waals surface area (Å²) in [5, 5.41) is 2.82. The summed E-state index contributed by atoms with van der Waals surface area (Å²) in [6.07, 6.45) is 3.95. The Morgan fingerprint density at radius 3 is 2.50 bits per heavy atom. The van der Waals surface area contributed by atoms with Crippen molar-refractivity contribution in [2.75, 3.05) is 19.6 Å². The summed E-state index contributed by atoms with van der Waals surface area (Å²) >= 11 is 0. The molecule has 0 atom stereocenters. The minimum atomic E-state index is -0.157. The number of benzene rings is 1. The van der Waals surface area contributed by atoms with Gasteiger partial charge in [0, 0.05) is 19.6 Å². The molecule has 0 aromatic heterocycles. The highest BCUT2D eigenvalue weighted by Gasteiger charge is 2.19. The predicted octanol–water partition coefficient (Wildman–Crippen LogP) is 1.75. The van der Waals surface area contributed by atoms with Crippen LogP contribution in [0.5, 0.6) is 0 Å². The molecular formula is C16H22N2O2. The Labute approximate surface area is 120 Å². The molecule has 108 valence electrons. The second-order valence-corrected chi connectivity index (χ2v) is 5.20. The smallest absolute Gasteiger partial charge is 0.232 e. The van der Waals surface area contributed by atoms with E-state index in [-0.39, 0.29) is 18.2 Å². The van der Waals surface area contributed by atoms with Gasteiger partial charge in [-0.05, 0) is 31.2 Å². The summed E-state index contributed by atoms with van der Waals surface area (Å²) in [6.45, 7) is 2.24. The first-order valence-corrected chi connectivity index (χ1v) is 7.34. The van der Waals surface area contributed by atoms with Gasteiger partial charge in [-0.25, -0.2) is 0 Å². The fourth-order valence-electron chi connectivity index (χ4n) is 2.44. The van der Waals surface area contributed by atoms with Crippen LogP contribution >= 0.6 is 0 Å². The zero-order chi connectivity index (χ0) is 14.2. The second kappa shape index (κ2) is 7.68. The highest BCUT2D eigenvalue weighted by Crippen LogP contribution is 2.08. The molecule has 1 N–H and O–H groups in total. The van der Waals surface area contributed by atoms with Crippen LogP contribution in [-0.4, -0.2) is 36.3 Å². The van der Waals surface area contributed by atoms with Crippen molar-refractivity contribution in [1.82, 2.24) is 10.2 Å². The van der Waals surface area contributed by atoms with E-state index in [0.29, 0.717) is 6.54 Å². The van der Waals surface area contributed by atoms with Crippen LogP contribution in [0.2, 0.25) is 0 Å². The number of nitrogens with one attached hydrogen (secondary N) is 1. The Kier molecular flexibility index (Phi) is 5.59. The first-order chi connectivity index (χ1) is 9.75. The number of aryl methyl sites for hydroxylation is 1. The van der Waals surface area contributed by atoms with Crippen molar-refractivity contribution in [3.05, 3.63) is 35.9 Å². The standard InChI is InChI=1S/C16H22N2O2/c19-15(13-16(20)18-11-4-5-12-18)17-10-6-9-14-7-2-1-3-8-14/h1-3,7-8H,4-6,9-13H2,(H,17,19). The Bertz CT molecular complexity index is 439. The maximum Gasteiger partial charge on any atom is 0.232 e. The third-order valence-electron chi connectivity index (χ3n) is 3.58. The lowest BCUT2D eigenvalue weighted by atomic mass is 10.1. The third-order valence-corrected chi connectivity index (χ3v) is 3.58. The maximum atomic E-state index is 11.8. The van der Waals surface area contributed by atoms with E-state index in [4.69, 9.17) is 0 Å². The first-order valence-electron chi connectivity index (χ1n) is 7.34. The fraction of sp³-hybridized carbons (Fsp3) is 0.500. The number of amides is 2. The van der Waals surface area contributed by atoms with Gasteiger partial charge in [0.25, 0.3) is 0 Å². The zero-order valence-electron chi connectivity index (χ0n) is 11.8. The molecule has 2 rings (SSSR count). The van der Waals surface area contributed by atoms with Crippen LogP contribution in [0.3, 0.4) is 0 Å². The quantitative estimate of drug-likeness (QED) is 0.634. The Morgan fingerprint density at radius 2 is 1.80 bits per heavy atom. The van der Waals surface area contributed by atoms with E-state index >= 15 is 0 Å². The van der Waals surface area contributed by atoms with E-state index in [2.05, 4.69) is 17.4 Å². The summed E-state index contributed by atoms with van der Waals surface area (Å²) in [6, 6.07) is 10.2. The zero-order valence-corrected chi connectivity index (χ0v) is 11.8. The molecule has 4 nitrogen and oxygen atoms in total. The molecule has 1 aromatic carbocycles. The van der Waals surface area contributed by atoms with Gasteiger partial charge in [-0.2, -0.15) is 0 Å². The number of likely N-dealkylation sites (tertiary alicyclic amines) is 1. The molecule has 0 bridgehead atoms. The van der Waals surface area contributed by atoms with Gasteiger partial charge < -0.3 is 10.2 Å². The monoisotopic (exact) mass is 274 g/mol. The fourth-order valence-corrected chi connectivity index (χ4v) is 2.44. The van der Waals surface area contributed by atoms with Gasteiger partial charge in [0.15, 0.2) is 0 Å². The van der Waals surface area contributed by atoms with Gasteiger partial charge in [0.2, 0.25) is 11.8 Å². The summed E-state index contributed by atoms with van der Waals surface area (Å²) in [5.74, 6) is -0.196. The van der Waals surface area contributed by atoms with E-state index < -0.39 is 0 Å². The number of carbonyl (C=O) groups excluding carboxylic acids is 2. The van der Waals surface area contributed by atoms with Crippen molar-refractivity contribution in [3.8, 4) is 0 Å². The van der Waals surface area contributed by atoms with Crippen molar-refractivity contribution in [2.24, 2.45) is 0 Å². The van der Waals surface area contributed by atoms with E-state index in [9.17, 15) is 9.59 Å². The first kappa shape index (κ1) is 14.6. The van der Waals surface area contributed by atoms with Crippen LogP contribution in [0.25, 0.3) is 0 Å². The normalized spacial score (nSPS) is 14.3. The van der Waals surface area contributed by atoms with Crippen LogP contribution in [0.15, 0.2) is 30.3 Å². The van der Waals surface area contributed by atoms with Crippen LogP contribution in [0.1, 0.15) is 31.2 Å². The molecule has 0 unspecified atom stereocenters. The molecule has 1 saturated heterocycles. The number of nitrogens with zero attached hydrogens (tertiary/aromatic N) is 1. The molecule has 0 radical (unpaired) electrons. The number of hydrogen-bond donors (Lipinski definition) is 1. The summed E-state index contributed by atoms with van der Waals surface area (Å²) in [5.41, 5.74) is 1.27. The van der Waals surface area contributed by atoms with Gasteiger partial charge >= 0.3 is 0 Å². The number of carbonyl (C=O) groups is 2. The average molecular weight is 274 g/mol. The van der Waals surface area contributed by atoms with Crippen molar-refractivity contribution >= 4 is 11.8 Å². The molecule has 1 fully saturated rings. The molecular weight excluding hydrogens is 252 g/mol. The molecule has 0 aliphatic carbocycles. The Balaban J connectivity index is 1.59. The summed E-state index contributed by atoms with van der Waals surface area (Å²) < 4.78 is 0. The Hall–Kier alpha value is -1.84. The van der Waals surface area contributed by atoms with Gasteiger partial charge in [-0.3, -0.25) is 9.59 Å². The van der Waals surface area contributed by atoms with Gasteiger partial charge in [0.05, 0.1) is 0 Å². The molecule has 4 heteroatoms. The number of rotatable bonds is 6. The van der Waals surface area contributed by atoms with Crippen molar-refractivity contribution < 1.29 is 9.59 Å². The SMILES string of the molecule is O=C(CC(=O)N1CCCC1)NCCCc1ccccc1. The predicted molar refractivity (Wildman–Crippen MR) is 78.2 cm³/mol. The topological polar surface area (TPSA) is 49.4 Å². The molecule has 0 spiro atoms. The molecule has 0 saturated carbocycles. The summed E-state index contributed by atoms with van der Waals surface area (Å²) in [7, 11) is 0. The molecule has 1 aliphatic heterocycles. The van der Waals surface area contributed by atoms with Crippen molar-refractivity contribution in [2.45, 2.75) is 32.1 Å². The van der Waals surface area contributed by atoms with Gasteiger partial charge in [-0.15, -0.1) is 0 Å². The van der Waals surface area contributed by atoms with E-state index in [1.807, 2.05) is 18.2 Å². The highest BCUT2D eigenvalue weighted by atomic mass is 16.2. The minimum absolute atomic E-state index is 0.00859. The van der Waals surface area contributed by atoms with E-state index in [1.165, 1.54) is 5.56 Å². The highest BCUT2D eigenvalue weighted by molar-refractivity contribution is 5.96. The van der Waals surface area contributed by atoms with Gasteiger partial charge in [-0.1, -0.05) is 30.3 Å². The lowest BCUT2D eigenvalue weighted by Crippen LogP contribution is -2.34. The van der Waals surface area contributed by atoms with Crippen LogP contribution in [0.4, 0.5) is 0 Å². The van der Waals surface area contributed by atoms with Crippen LogP contribution < -0.4 is 5.32 Å². The number of hydrogen-bond acceptors (Lipinski definition) is 2. The Morgan fingerprint density at radius 1 is 1.10 bits per heavy atom. The summed E-state index contributed by atoms with van der Waals surface area (Å²) in [4.78, 5) is 25.2. The van der Waals surface area contributed by atoms with Gasteiger partial charge in [0.1, 0.15) is 6.42 Å². The minimum Gasteiger partial charge on any atom is -0.356 e. The molecule has 1 aromatic rings. The maximum absolute atomic E-state index is 11.8. The van der Waals surface area contributed by atoms with Crippen LogP contribution in [0, 0.1) is 0 Å². The van der Waals surface area contributed by atoms with E-state index in [0.717, 1.165) is 38.8 Å². The molecule has 2 amide bonds. The van der Waals surface area contributed by atoms with Crippen molar-refractivity contribution in [1.29, 1.82) is 0 Å². The largest absolute Gasteiger partial charge is 0.356 e. The average Bonchev–Trinajstić information content (AvgIpc) is 2.99. The molecule has 20 heavy (non-hydrogen) atoms. The lowest BCUT2D eigenvalue weighted by Gasteiger charge is -2.14. The van der Waals surface area contributed by atoms with Crippen molar-refractivity contribution in [3.63, 3.8) is 0 Å².